The molecular weight excluding hydrogens is 526 g/mol. The summed E-state index contributed by atoms with van der Waals surface area (Å²) in [7, 11) is 0. The molecule has 5 aromatic rings. The molecule has 37 heavy (non-hydrogen) atoms. The van der Waals surface area contributed by atoms with Crippen molar-refractivity contribution in [1.29, 1.82) is 0 Å². The third-order valence-corrected chi connectivity index (χ3v) is 7.94. The quantitative estimate of drug-likeness (QED) is 0.203. The summed E-state index contributed by atoms with van der Waals surface area (Å²) in [6, 6.07) is 21.3. The van der Waals surface area contributed by atoms with E-state index in [1.165, 1.54) is 22.0 Å². The minimum Gasteiger partial charge on any atom is -0.484 e. The number of hydrogen-bond donors (Lipinski definition) is 1. The smallest absolute Gasteiger partial charge is 0.234 e. The van der Waals surface area contributed by atoms with Gasteiger partial charge in [-0.15, -0.1) is 21.5 Å². The molecule has 0 spiro atoms. The summed E-state index contributed by atoms with van der Waals surface area (Å²) in [5, 5.41) is 13.6. The van der Waals surface area contributed by atoms with Gasteiger partial charge in [0.25, 0.3) is 0 Å². The van der Waals surface area contributed by atoms with E-state index in [4.69, 9.17) is 21.3 Å². The zero-order valence-electron chi connectivity index (χ0n) is 20.3. The van der Waals surface area contributed by atoms with Crippen molar-refractivity contribution in [2.24, 2.45) is 0 Å². The van der Waals surface area contributed by atoms with Gasteiger partial charge < -0.3 is 14.6 Å². The predicted octanol–water partition coefficient (Wildman–Crippen LogP) is 6.85. The second-order valence-electron chi connectivity index (χ2n) is 8.27. The Kier molecular flexibility index (Phi) is 7.73. The lowest BCUT2D eigenvalue weighted by Crippen LogP contribution is -2.15. The number of benzene rings is 3. The SMILES string of the molecule is CCn1c(COc2ccccc2Cl)nnc1SCC(=O)Nc1ccc(-c2nc3ccc(C)cc3s2)cc1. The molecule has 0 aliphatic heterocycles. The number of halogens is 1. The van der Waals surface area contributed by atoms with Crippen molar-refractivity contribution in [3.8, 4) is 16.3 Å². The van der Waals surface area contributed by atoms with Crippen LogP contribution in [0.3, 0.4) is 0 Å². The lowest BCUT2D eigenvalue weighted by atomic mass is 10.2. The maximum atomic E-state index is 12.6. The van der Waals surface area contributed by atoms with E-state index in [0.29, 0.717) is 28.3 Å². The van der Waals surface area contributed by atoms with E-state index in [1.54, 1.807) is 23.5 Å². The summed E-state index contributed by atoms with van der Waals surface area (Å²) in [6.45, 7) is 4.97. The first kappa shape index (κ1) is 25.3. The van der Waals surface area contributed by atoms with Gasteiger partial charge in [-0.25, -0.2) is 4.98 Å². The summed E-state index contributed by atoms with van der Waals surface area (Å²) in [4.78, 5) is 17.3. The molecule has 0 aliphatic rings. The standard InChI is InChI=1S/C27H24ClN5O2S2/c1-3-33-24(15-35-22-7-5-4-6-20(22)28)31-32-27(33)36-16-25(34)29-19-11-9-18(10-12-19)26-30-21-13-8-17(2)14-23(21)37-26/h4-14H,3,15-16H2,1-2H3,(H,29,34). The zero-order valence-corrected chi connectivity index (χ0v) is 22.7. The van der Waals surface area contributed by atoms with Gasteiger partial charge >= 0.3 is 0 Å². The van der Waals surface area contributed by atoms with Crippen molar-refractivity contribution in [2.75, 3.05) is 11.1 Å². The van der Waals surface area contributed by atoms with Crippen LogP contribution in [0.4, 0.5) is 5.69 Å². The minimum atomic E-state index is -0.118. The maximum Gasteiger partial charge on any atom is 0.234 e. The highest BCUT2D eigenvalue weighted by molar-refractivity contribution is 7.99. The van der Waals surface area contributed by atoms with E-state index in [1.807, 2.05) is 54.0 Å². The summed E-state index contributed by atoms with van der Waals surface area (Å²) < 4.78 is 8.90. The van der Waals surface area contributed by atoms with Gasteiger partial charge in [0.15, 0.2) is 11.0 Å². The molecular formula is C27H24ClN5O2S2. The number of amides is 1. The number of thioether (sulfide) groups is 1. The topological polar surface area (TPSA) is 81.9 Å². The molecule has 0 bridgehead atoms. The predicted molar refractivity (Wildman–Crippen MR) is 151 cm³/mol. The van der Waals surface area contributed by atoms with Gasteiger partial charge in [0.1, 0.15) is 17.4 Å². The number of hydrogen-bond acceptors (Lipinski definition) is 7. The Hall–Kier alpha value is -3.40. The van der Waals surface area contributed by atoms with Crippen molar-refractivity contribution in [1.82, 2.24) is 19.7 Å². The highest BCUT2D eigenvalue weighted by atomic mass is 35.5. The summed E-state index contributed by atoms with van der Waals surface area (Å²) >= 11 is 9.16. The summed E-state index contributed by atoms with van der Waals surface area (Å²) in [6.07, 6.45) is 0. The number of carbonyl (C=O) groups is 1. The first-order chi connectivity index (χ1) is 18.0. The molecule has 0 saturated heterocycles. The van der Waals surface area contributed by atoms with Crippen molar-refractivity contribution >= 4 is 56.5 Å². The Morgan fingerprint density at radius 2 is 1.92 bits per heavy atom. The van der Waals surface area contributed by atoms with Gasteiger partial charge in [-0.2, -0.15) is 0 Å². The number of carbonyl (C=O) groups excluding carboxylic acids is 1. The first-order valence-corrected chi connectivity index (χ1v) is 13.9. The van der Waals surface area contributed by atoms with E-state index < -0.39 is 0 Å². The largest absolute Gasteiger partial charge is 0.484 e. The first-order valence-electron chi connectivity index (χ1n) is 11.7. The van der Waals surface area contributed by atoms with Crippen LogP contribution in [-0.2, 0) is 17.9 Å². The lowest BCUT2D eigenvalue weighted by Gasteiger charge is -2.10. The fourth-order valence-electron chi connectivity index (χ4n) is 3.73. The van der Waals surface area contributed by atoms with Crippen molar-refractivity contribution in [3.63, 3.8) is 0 Å². The van der Waals surface area contributed by atoms with Gasteiger partial charge in [0, 0.05) is 17.8 Å². The molecule has 7 nitrogen and oxygen atoms in total. The number of nitrogens with zero attached hydrogens (tertiary/aromatic N) is 4. The number of nitrogens with one attached hydrogen (secondary N) is 1. The van der Waals surface area contributed by atoms with Gasteiger partial charge in [-0.05, 0) is 67.9 Å². The fourth-order valence-corrected chi connectivity index (χ4v) is 5.81. The fraction of sp³-hybridized carbons (Fsp3) is 0.185. The van der Waals surface area contributed by atoms with Crippen LogP contribution in [0.2, 0.25) is 5.02 Å². The van der Waals surface area contributed by atoms with Gasteiger partial charge in [0.05, 0.1) is 21.0 Å². The Bertz CT molecular complexity index is 1550. The van der Waals surface area contributed by atoms with Gasteiger partial charge in [-0.1, -0.05) is 41.6 Å². The van der Waals surface area contributed by atoms with E-state index in [2.05, 4.69) is 34.6 Å². The maximum absolute atomic E-state index is 12.6. The zero-order chi connectivity index (χ0) is 25.8. The molecule has 5 rings (SSSR count). The molecule has 2 heterocycles. The molecule has 2 aromatic heterocycles. The van der Waals surface area contributed by atoms with Crippen LogP contribution >= 0.6 is 34.7 Å². The molecule has 0 fully saturated rings. The number of para-hydroxylation sites is 1. The van der Waals surface area contributed by atoms with Crippen LogP contribution in [0, 0.1) is 6.92 Å². The number of aryl methyl sites for hydroxylation is 1. The van der Waals surface area contributed by atoms with Crippen molar-refractivity contribution in [3.05, 3.63) is 83.1 Å². The summed E-state index contributed by atoms with van der Waals surface area (Å²) in [5.74, 6) is 1.36. The van der Waals surface area contributed by atoms with Crippen LogP contribution < -0.4 is 10.1 Å². The average Bonchev–Trinajstić information content (AvgIpc) is 3.50. The van der Waals surface area contributed by atoms with E-state index >= 15 is 0 Å². The Balaban J connectivity index is 1.17. The van der Waals surface area contributed by atoms with Crippen LogP contribution in [0.5, 0.6) is 5.75 Å². The highest BCUT2D eigenvalue weighted by Gasteiger charge is 2.15. The molecule has 3 aromatic carbocycles. The van der Waals surface area contributed by atoms with E-state index in [9.17, 15) is 4.79 Å². The van der Waals surface area contributed by atoms with Crippen LogP contribution in [0.25, 0.3) is 20.8 Å². The van der Waals surface area contributed by atoms with E-state index in [-0.39, 0.29) is 18.3 Å². The third-order valence-electron chi connectivity index (χ3n) is 5.60. The normalized spacial score (nSPS) is 11.1. The van der Waals surface area contributed by atoms with Crippen molar-refractivity contribution in [2.45, 2.75) is 32.2 Å². The van der Waals surface area contributed by atoms with Crippen LogP contribution in [-0.4, -0.2) is 31.4 Å². The molecule has 0 radical (unpaired) electrons. The number of ether oxygens (including phenoxy) is 1. The molecule has 0 atom stereocenters. The number of fused-ring (bicyclic) bond motifs is 1. The molecule has 0 unspecified atom stereocenters. The molecule has 0 aliphatic carbocycles. The number of aromatic nitrogens is 4. The Morgan fingerprint density at radius 1 is 1.11 bits per heavy atom. The highest BCUT2D eigenvalue weighted by Crippen LogP contribution is 2.31. The number of thiazole rings is 1. The molecule has 1 amide bonds. The average molecular weight is 550 g/mol. The van der Waals surface area contributed by atoms with Gasteiger partial charge in [0.2, 0.25) is 5.91 Å². The Labute approximate surface area is 227 Å². The number of rotatable bonds is 9. The third kappa shape index (κ3) is 5.95. The lowest BCUT2D eigenvalue weighted by molar-refractivity contribution is -0.113. The molecule has 0 saturated carbocycles. The second-order valence-corrected chi connectivity index (χ2v) is 10.6. The van der Waals surface area contributed by atoms with Crippen molar-refractivity contribution < 1.29 is 9.53 Å². The molecule has 10 heteroatoms. The second kappa shape index (κ2) is 11.3. The van der Waals surface area contributed by atoms with E-state index in [0.717, 1.165) is 21.8 Å². The number of anilines is 1. The van der Waals surface area contributed by atoms with Crippen LogP contribution in [0.15, 0.2) is 71.9 Å². The van der Waals surface area contributed by atoms with Gasteiger partial charge in [-0.3, -0.25) is 4.79 Å². The summed E-state index contributed by atoms with van der Waals surface area (Å²) in [5.41, 5.74) is 3.97. The molecule has 1 N–H and O–H groups in total. The Morgan fingerprint density at radius 3 is 2.70 bits per heavy atom. The van der Waals surface area contributed by atoms with Crippen LogP contribution in [0.1, 0.15) is 18.3 Å². The monoisotopic (exact) mass is 549 g/mol. The minimum absolute atomic E-state index is 0.118. The molecule has 188 valence electrons.